The summed E-state index contributed by atoms with van der Waals surface area (Å²) in [5.74, 6) is -0.110. The molecule has 1 saturated heterocycles. The Morgan fingerprint density at radius 1 is 1.32 bits per heavy atom. The number of nitrogens with one attached hydrogen (secondary N) is 2. The molecule has 0 saturated carbocycles. The monoisotopic (exact) mass is 345 g/mol. The molecule has 1 aromatic heterocycles. The number of morpholine rings is 1. The molecule has 0 radical (unpaired) electrons. The average Bonchev–Trinajstić information content (AvgIpc) is 3.04. The number of para-hydroxylation sites is 1. The molecule has 2 aromatic rings. The van der Waals surface area contributed by atoms with Crippen molar-refractivity contribution in [3.63, 3.8) is 0 Å². The molecule has 1 aliphatic rings. The summed E-state index contributed by atoms with van der Waals surface area (Å²) in [6.45, 7) is 4.10. The lowest BCUT2D eigenvalue weighted by atomic mass is 10.0. The number of ether oxygens (including phenoxy) is 2. The van der Waals surface area contributed by atoms with E-state index in [2.05, 4.69) is 10.3 Å². The predicted octanol–water partition coefficient (Wildman–Crippen LogP) is 1.68. The molecule has 1 atom stereocenters. The van der Waals surface area contributed by atoms with E-state index in [0.29, 0.717) is 32.7 Å². The van der Waals surface area contributed by atoms with Crippen molar-refractivity contribution in [1.82, 2.24) is 15.2 Å². The molecular formula is C18H23N3O4. The van der Waals surface area contributed by atoms with Gasteiger partial charge in [-0.25, -0.2) is 4.79 Å². The predicted molar refractivity (Wildman–Crippen MR) is 93.3 cm³/mol. The van der Waals surface area contributed by atoms with Crippen LogP contribution in [0, 0.1) is 0 Å². The first-order valence-electron chi connectivity index (χ1n) is 8.54. The molecule has 25 heavy (non-hydrogen) atoms. The van der Waals surface area contributed by atoms with Crippen LogP contribution in [0.4, 0.5) is 4.79 Å². The van der Waals surface area contributed by atoms with Crippen molar-refractivity contribution >= 4 is 22.9 Å². The lowest BCUT2D eigenvalue weighted by Crippen LogP contribution is -2.52. The molecule has 0 bridgehead atoms. The maximum Gasteiger partial charge on any atom is 0.407 e. The van der Waals surface area contributed by atoms with Crippen molar-refractivity contribution in [2.24, 2.45) is 0 Å². The zero-order valence-electron chi connectivity index (χ0n) is 14.3. The van der Waals surface area contributed by atoms with Gasteiger partial charge in [0, 0.05) is 36.6 Å². The van der Waals surface area contributed by atoms with Crippen molar-refractivity contribution < 1.29 is 19.1 Å². The Hall–Kier alpha value is -2.54. The Bertz CT molecular complexity index is 737. The molecule has 1 aliphatic heterocycles. The van der Waals surface area contributed by atoms with Crippen LogP contribution in [-0.2, 0) is 20.7 Å². The number of fused-ring (bicyclic) bond motifs is 1. The summed E-state index contributed by atoms with van der Waals surface area (Å²) in [4.78, 5) is 29.7. The van der Waals surface area contributed by atoms with Gasteiger partial charge in [0.25, 0.3) is 0 Å². The fraction of sp³-hybridized carbons (Fsp3) is 0.444. The summed E-state index contributed by atoms with van der Waals surface area (Å²) in [5, 5.41) is 3.76. The molecule has 2 N–H and O–H groups in total. The topological polar surface area (TPSA) is 83.7 Å². The zero-order valence-corrected chi connectivity index (χ0v) is 14.3. The number of rotatable bonds is 5. The summed E-state index contributed by atoms with van der Waals surface area (Å²) in [6.07, 6.45) is 1.71. The average molecular weight is 345 g/mol. The number of nitrogens with zero attached hydrogens (tertiary/aromatic N) is 1. The van der Waals surface area contributed by atoms with E-state index in [9.17, 15) is 9.59 Å². The Balaban J connectivity index is 1.79. The lowest BCUT2D eigenvalue weighted by Gasteiger charge is -2.30. The molecule has 2 amide bonds. The molecule has 0 spiro atoms. The summed E-state index contributed by atoms with van der Waals surface area (Å²) >= 11 is 0. The highest BCUT2D eigenvalue weighted by molar-refractivity contribution is 5.88. The minimum absolute atomic E-state index is 0.110. The third-order valence-corrected chi connectivity index (χ3v) is 4.29. The third-order valence-electron chi connectivity index (χ3n) is 4.29. The minimum atomic E-state index is -0.670. The first kappa shape index (κ1) is 17.3. The van der Waals surface area contributed by atoms with Gasteiger partial charge in [0.1, 0.15) is 6.04 Å². The van der Waals surface area contributed by atoms with Gasteiger partial charge in [-0.05, 0) is 18.6 Å². The van der Waals surface area contributed by atoms with Crippen LogP contribution < -0.4 is 5.32 Å². The summed E-state index contributed by atoms with van der Waals surface area (Å²) in [5.41, 5.74) is 1.99. The highest BCUT2D eigenvalue weighted by Gasteiger charge is 2.28. The molecule has 1 aromatic carbocycles. The third kappa shape index (κ3) is 4.11. The van der Waals surface area contributed by atoms with Crippen LogP contribution >= 0.6 is 0 Å². The molecule has 7 nitrogen and oxygen atoms in total. The van der Waals surface area contributed by atoms with Crippen molar-refractivity contribution in [2.75, 3.05) is 32.9 Å². The van der Waals surface area contributed by atoms with Crippen LogP contribution in [0.3, 0.4) is 0 Å². The van der Waals surface area contributed by atoms with Gasteiger partial charge in [-0.15, -0.1) is 0 Å². The number of benzene rings is 1. The van der Waals surface area contributed by atoms with Gasteiger partial charge in [-0.1, -0.05) is 18.2 Å². The highest BCUT2D eigenvalue weighted by atomic mass is 16.5. The van der Waals surface area contributed by atoms with Gasteiger partial charge in [-0.3, -0.25) is 4.79 Å². The van der Waals surface area contributed by atoms with Gasteiger partial charge in [-0.2, -0.15) is 0 Å². The Labute approximate surface area is 146 Å². The Morgan fingerprint density at radius 2 is 2.08 bits per heavy atom. The normalized spacial score (nSPS) is 15.8. The standard InChI is InChI=1S/C18H23N3O4/c1-2-25-18(23)20-16(17(22)21-7-9-24-10-8-21)11-13-12-19-15-6-4-3-5-14(13)15/h3-6,12,16,19H,2,7-11H2,1H3,(H,20,23)/t16-/m0/s1. The second-order valence-electron chi connectivity index (χ2n) is 5.92. The van der Waals surface area contributed by atoms with Crippen molar-refractivity contribution in [1.29, 1.82) is 0 Å². The van der Waals surface area contributed by atoms with Crippen LogP contribution in [0.2, 0.25) is 0 Å². The smallest absolute Gasteiger partial charge is 0.407 e. The van der Waals surface area contributed by atoms with E-state index >= 15 is 0 Å². The van der Waals surface area contributed by atoms with Crippen molar-refractivity contribution in [3.05, 3.63) is 36.0 Å². The van der Waals surface area contributed by atoms with Crippen LogP contribution in [0.15, 0.2) is 30.5 Å². The van der Waals surface area contributed by atoms with Gasteiger partial charge < -0.3 is 24.7 Å². The number of aromatic nitrogens is 1. The fourth-order valence-corrected chi connectivity index (χ4v) is 3.04. The van der Waals surface area contributed by atoms with Gasteiger partial charge >= 0.3 is 6.09 Å². The maximum atomic E-state index is 12.9. The number of aromatic amines is 1. The Morgan fingerprint density at radius 3 is 2.84 bits per heavy atom. The van der Waals surface area contributed by atoms with Crippen LogP contribution in [-0.4, -0.2) is 60.8 Å². The summed E-state index contributed by atoms with van der Waals surface area (Å²) in [6, 6.07) is 7.22. The van der Waals surface area contributed by atoms with Crippen LogP contribution in [0.1, 0.15) is 12.5 Å². The maximum absolute atomic E-state index is 12.9. The largest absolute Gasteiger partial charge is 0.450 e. The second-order valence-corrected chi connectivity index (χ2v) is 5.92. The number of carbonyl (C=O) groups is 2. The van der Waals surface area contributed by atoms with Crippen molar-refractivity contribution in [3.8, 4) is 0 Å². The minimum Gasteiger partial charge on any atom is -0.450 e. The molecule has 134 valence electrons. The zero-order chi connectivity index (χ0) is 17.6. The molecule has 7 heteroatoms. The van der Waals surface area contributed by atoms with E-state index < -0.39 is 12.1 Å². The first-order chi connectivity index (χ1) is 12.2. The van der Waals surface area contributed by atoms with Crippen LogP contribution in [0.5, 0.6) is 0 Å². The second kappa shape index (κ2) is 8.02. The quantitative estimate of drug-likeness (QED) is 0.864. The number of carbonyl (C=O) groups excluding carboxylic acids is 2. The summed E-state index contributed by atoms with van der Waals surface area (Å²) < 4.78 is 10.3. The molecule has 0 aliphatic carbocycles. The van der Waals surface area contributed by atoms with E-state index in [4.69, 9.17) is 9.47 Å². The lowest BCUT2D eigenvalue weighted by molar-refractivity contribution is -0.137. The first-order valence-corrected chi connectivity index (χ1v) is 8.54. The number of amides is 2. The SMILES string of the molecule is CCOC(=O)N[C@@H](Cc1c[nH]c2ccccc12)C(=O)N1CCOCC1. The van der Waals surface area contributed by atoms with Gasteiger partial charge in [0.15, 0.2) is 0 Å². The molecule has 0 unspecified atom stereocenters. The van der Waals surface area contributed by atoms with Gasteiger partial charge in [0.2, 0.25) is 5.91 Å². The molecule has 2 heterocycles. The number of hydrogen-bond acceptors (Lipinski definition) is 4. The van der Waals surface area contributed by atoms with E-state index in [1.165, 1.54) is 0 Å². The molecule has 3 rings (SSSR count). The summed E-state index contributed by atoms with van der Waals surface area (Å²) in [7, 11) is 0. The van der Waals surface area contributed by atoms with Crippen LogP contribution in [0.25, 0.3) is 10.9 Å². The number of H-pyrrole nitrogens is 1. The molecular weight excluding hydrogens is 322 g/mol. The van der Waals surface area contributed by atoms with E-state index in [-0.39, 0.29) is 12.5 Å². The fourth-order valence-electron chi connectivity index (χ4n) is 3.04. The van der Waals surface area contributed by atoms with E-state index in [1.807, 2.05) is 30.5 Å². The highest BCUT2D eigenvalue weighted by Crippen LogP contribution is 2.20. The van der Waals surface area contributed by atoms with Crippen molar-refractivity contribution in [2.45, 2.75) is 19.4 Å². The van der Waals surface area contributed by atoms with Gasteiger partial charge in [0.05, 0.1) is 19.8 Å². The Kier molecular flexibility index (Phi) is 5.55. The number of hydrogen-bond donors (Lipinski definition) is 2. The van der Waals surface area contributed by atoms with E-state index in [1.54, 1.807) is 11.8 Å². The molecule has 1 fully saturated rings. The number of alkyl carbamates (subject to hydrolysis) is 1. The van der Waals surface area contributed by atoms with E-state index in [0.717, 1.165) is 16.5 Å².